The highest BCUT2D eigenvalue weighted by Crippen LogP contribution is 2.20. The van der Waals surface area contributed by atoms with E-state index in [1.807, 2.05) is 24.3 Å². The Morgan fingerprint density at radius 3 is 2.31 bits per heavy atom. The van der Waals surface area contributed by atoms with Crippen LogP contribution < -0.4 is 10.2 Å². The fourth-order valence-corrected chi connectivity index (χ4v) is 4.33. The van der Waals surface area contributed by atoms with Gasteiger partial charge in [-0.3, -0.25) is 4.79 Å². The third kappa shape index (κ3) is 8.08. The lowest BCUT2D eigenvalue weighted by atomic mass is 10.1. The molecule has 3 aromatic rings. The van der Waals surface area contributed by atoms with Crippen molar-refractivity contribution < 1.29 is 4.79 Å². The molecule has 1 unspecified atom stereocenters. The molecule has 1 aromatic heterocycles. The smallest absolute Gasteiger partial charge is 0.221 e. The minimum Gasteiger partial charge on any atom is -0.354 e. The Morgan fingerprint density at radius 1 is 1.00 bits per heavy atom. The van der Waals surface area contributed by atoms with Gasteiger partial charge in [-0.15, -0.1) is 0 Å². The minimum atomic E-state index is 0.0911. The van der Waals surface area contributed by atoms with E-state index in [1.165, 1.54) is 22.7 Å². The number of amides is 1. The number of benzene rings is 2. The molecule has 0 saturated heterocycles. The third-order valence-corrected chi connectivity index (χ3v) is 6.06. The zero-order valence-electron chi connectivity index (χ0n) is 19.3. The van der Waals surface area contributed by atoms with E-state index < -0.39 is 0 Å². The van der Waals surface area contributed by atoms with E-state index in [2.05, 4.69) is 71.8 Å². The maximum Gasteiger partial charge on any atom is 0.221 e. The van der Waals surface area contributed by atoms with Crippen molar-refractivity contribution in [1.82, 2.24) is 14.7 Å². The molecule has 0 saturated carbocycles. The zero-order valence-corrected chi connectivity index (χ0v) is 20.1. The summed E-state index contributed by atoms with van der Waals surface area (Å²) < 4.78 is 4.56. The molecule has 0 bridgehead atoms. The molecule has 0 spiro atoms. The average molecular weight is 451 g/mol. The largest absolute Gasteiger partial charge is 0.354 e. The molecule has 32 heavy (non-hydrogen) atoms. The summed E-state index contributed by atoms with van der Waals surface area (Å²) in [6, 6.07) is 20.8. The molecule has 2 aromatic carbocycles. The Bertz CT molecular complexity index is 943. The maximum atomic E-state index is 12.6. The van der Waals surface area contributed by atoms with Gasteiger partial charge in [-0.2, -0.15) is 4.37 Å². The van der Waals surface area contributed by atoms with Crippen molar-refractivity contribution in [3.8, 4) is 0 Å². The number of nitrogens with zero attached hydrogens (tertiary/aromatic N) is 3. The van der Waals surface area contributed by atoms with Crippen molar-refractivity contribution >= 4 is 22.6 Å². The lowest BCUT2D eigenvalue weighted by molar-refractivity contribution is -0.121. The summed E-state index contributed by atoms with van der Waals surface area (Å²) >= 11 is 1.42. The van der Waals surface area contributed by atoms with Gasteiger partial charge in [-0.05, 0) is 36.8 Å². The number of anilines is 1. The van der Waals surface area contributed by atoms with Crippen LogP contribution in [0.25, 0.3) is 0 Å². The van der Waals surface area contributed by atoms with Crippen LogP contribution in [-0.2, 0) is 17.6 Å². The van der Waals surface area contributed by atoms with Crippen molar-refractivity contribution in [2.45, 2.75) is 52.5 Å². The van der Waals surface area contributed by atoms with E-state index in [-0.39, 0.29) is 11.9 Å². The number of carbonyl (C=O) groups excluding carboxylic acids is 1. The quantitative estimate of drug-likeness (QED) is 0.416. The van der Waals surface area contributed by atoms with E-state index in [1.54, 1.807) is 0 Å². The van der Waals surface area contributed by atoms with Crippen LogP contribution in [-0.4, -0.2) is 34.4 Å². The SMILES string of the molecule is CC(C)CN(CCC(=O)NC(C)CCc1ccccc1)c1nc(Cc2ccccc2)ns1. The number of hydrogen-bond acceptors (Lipinski definition) is 5. The number of nitrogens with one attached hydrogen (secondary N) is 1. The van der Waals surface area contributed by atoms with Gasteiger partial charge >= 0.3 is 0 Å². The summed E-state index contributed by atoms with van der Waals surface area (Å²) in [5.74, 6) is 1.40. The fraction of sp³-hybridized carbons (Fsp3) is 0.423. The average Bonchev–Trinajstić information content (AvgIpc) is 3.24. The predicted molar refractivity (Wildman–Crippen MR) is 133 cm³/mol. The van der Waals surface area contributed by atoms with Crippen molar-refractivity contribution in [3.05, 3.63) is 77.6 Å². The molecule has 0 aliphatic rings. The topological polar surface area (TPSA) is 58.1 Å². The first-order chi connectivity index (χ1) is 15.5. The van der Waals surface area contributed by atoms with Crippen LogP contribution in [0, 0.1) is 5.92 Å². The highest BCUT2D eigenvalue weighted by molar-refractivity contribution is 7.09. The Morgan fingerprint density at radius 2 is 1.66 bits per heavy atom. The monoisotopic (exact) mass is 450 g/mol. The van der Waals surface area contributed by atoms with Gasteiger partial charge in [-0.25, -0.2) is 4.98 Å². The zero-order chi connectivity index (χ0) is 22.8. The molecule has 1 amide bonds. The van der Waals surface area contributed by atoms with Crippen molar-refractivity contribution in [2.75, 3.05) is 18.0 Å². The summed E-state index contributed by atoms with van der Waals surface area (Å²) in [5.41, 5.74) is 2.51. The summed E-state index contributed by atoms with van der Waals surface area (Å²) in [7, 11) is 0. The fourth-order valence-electron chi connectivity index (χ4n) is 3.61. The van der Waals surface area contributed by atoms with Crippen molar-refractivity contribution in [1.29, 1.82) is 0 Å². The van der Waals surface area contributed by atoms with E-state index >= 15 is 0 Å². The molecule has 1 heterocycles. The third-order valence-electron chi connectivity index (χ3n) is 5.24. The highest BCUT2D eigenvalue weighted by Gasteiger charge is 2.16. The van der Waals surface area contributed by atoms with Gasteiger partial charge in [0, 0.05) is 43.5 Å². The molecule has 3 rings (SSSR count). The van der Waals surface area contributed by atoms with Crippen LogP contribution in [0.4, 0.5) is 5.13 Å². The van der Waals surface area contributed by atoms with Crippen molar-refractivity contribution in [2.24, 2.45) is 5.92 Å². The van der Waals surface area contributed by atoms with Crippen LogP contribution in [0.3, 0.4) is 0 Å². The molecular formula is C26H34N4OS. The molecule has 6 heteroatoms. The first-order valence-electron chi connectivity index (χ1n) is 11.4. The number of rotatable bonds is 12. The summed E-state index contributed by atoms with van der Waals surface area (Å²) in [4.78, 5) is 19.5. The van der Waals surface area contributed by atoms with Crippen LogP contribution in [0.5, 0.6) is 0 Å². The van der Waals surface area contributed by atoms with Gasteiger partial charge in [-0.1, -0.05) is 74.5 Å². The molecule has 0 aliphatic heterocycles. The van der Waals surface area contributed by atoms with E-state index in [0.29, 0.717) is 18.9 Å². The van der Waals surface area contributed by atoms with Crippen LogP contribution >= 0.6 is 11.5 Å². The predicted octanol–water partition coefficient (Wildman–Crippen LogP) is 5.12. The number of aromatic nitrogens is 2. The Hall–Kier alpha value is -2.73. The molecule has 1 atom stereocenters. The lowest BCUT2D eigenvalue weighted by Crippen LogP contribution is -2.37. The van der Waals surface area contributed by atoms with Gasteiger partial charge in [0.05, 0.1) is 0 Å². The standard InChI is InChI=1S/C26H34N4OS/c1-20(2)19-30(26-28-24(29-32-26)18-23-12-8-5-9-13-23)17-16-25(31)27-21(3)14-15-22-10-6-4-7-11-22/h4-13,20-21H,14-19H2,1-3H3,(H,27,31). The maximum absolute atomic E-state index is 12.6. The Balaban J connectivity index is 1.50. The van der Waals surface area contributed by atoms with E-state index in [4.69, 9.17) is 4.98 Å². The summed E-state index contributed by atoms with van der Waals surface area (Å²) in [6.45, 7) is 7.95. The summed E-state index contributed by atoms with van der Waals surface area (Å²) in [6.07, 6.45) is 3.09. The van der Waals surface area contributed by atoms with Gasteiger partial charge in [0.2, 0.25) is 11.0 Å². The second-order valence-corrected chi connectivity index (χ2v) is 9.47. The first-order valence-corrected chi connectivity index (χ1v) is 12.2. The molecule has 0 aliphatic carbocycles. The highest BCUT2D eigenvalue weighted by atomic mass is 32.1. The van der Waals surface area contributed by atoms with Gasteiger partial charge in [0.25, 0.3) is 0 Å². The first kappa shape index (κ1) is 23.9. The number of carbonyl (C=O) groups is 1. The van der Waals surface area contributed by atoms with Crippen LogP contribution in [0.1, 0.15) is 50.6 Å². The molecule has 0 radical (unpaired) electrons. The second-order valence-electron chi connectivity index (χ2n) is 8.74. The normalized spacial score (nSPS) is 12.0. The number of aryl methyl sites for hydroxylation is 1. The van der Waals surface area contributed by atoms with Crippen LogP contribution in [0.15, 0.2) is 60.7 Å². The Labute approximate surface area is 196 Å². The number of hydrogen-bond donors (Lipinski definition) is 1. The summed E-state index contributed by atoms with van der Waals surface area (Å²) in [5, 5.41) is 4.05. The molecular weight excluding hydrogens is 416 g/mol. The van der Waals surface area contributed by atoms with E-state index in [9.17, 15) is 4.79 Å². The van der Waals surface area contributed by atoms with Gasteiger partial charge < -0.3 is 10.2 Å². The Kier molecular flexibility index (Phi) is 9.23. The molecule has 1 N–H and O–H groups in total. The van der Waals surface area contributed by atoms with Crippen molar-refractivity contribution in [3.63, 3.8) is 0 Å². The van der Waals surface area contributed by atoms with Gasteiger partial charge in [0.1, 0.15) is 5.82 Å². The molecule has 0 fully saturated rings. The second kappa shape index (κ2) is 12.3. The minimum absolute atomic E-state index is 0.0911. The van der Waals surface area contributed by atoms with Crippen LogP contribution in [0.2, 0.25) is 0 Å². The van der Waals surface area contributed by atoms with Gasteiger partial charge in [0.15, 0.2) is 0 Å². The van der Waals surface area contributed by atoms with E-state index in [0.717, 1.165) is 36.8 Å². The lowest BCUT2D eigenvalue weighted by Gasteiger charge is -2.23. The molecule has 170 valence electrons. The molecule has 5 nitrogen and oxygen atoms in total.